The number of aromatic nitrogens is 2. The van der Waals surface area contributed by atoms with Crippen molar-refractivity contribution >= 4 is 11.9 Å². The molecule has 0 radical (unpaired) electrons. The van der Waals surface area contributed by atoms with E-state index in [4.69, 9.17) is 15.2 Å². The van der Waals surface area contributed by atoms with Gasteiger partial charge in [-0.2, -0.15) is 0 Å². The zero-order valence-electron chi connectivity index (χ0n) is 47.3. The van der Waals surface area contributed by atoms with Gasteiger partial charge in [-0.05, 0) is 147 Å². The van der Waals surface area contributed by atoms with Gasteiger partial charge in [-0.25, -0.2) is 4.98 Å². The van der Waals surface area contributed by atoms with Crippen molar-refractivity contribution in [3.8, 4) is 0 Å². The number of carboxylic acids is 1. The largest absolute Gasteiger partial charge is 0.481 e. The molecule has 2 saturated heterocycles. The molecule has 18 nitrogen and oxygen atoms in total. The van der Waals surface area contributed by atoms with Crippen LogP contribution in [-0.2, 0) is 19.1 Å². The summed E-state index contributed by atoms with van der Waals surface area (Å²) in [6, 6.07) is -0.472. The zero-order chi connectivity index (χ0) is 55.7. The number of nitrogens with two attached hydrogens (primary N) is 1. The van der Waals surface area contributed by atoms with E-state index in [1.165, 1.54) is 5.57 Å². The molecule has 9 rings (SSSR count). The maximum absolute atomic E-state index is 15.1. The summed E-state index contributed by atoms with van der Waals surface area (Å²) in [6.45, 7) is 17.6. The van der Waals surface area contributed by atoms with Gasteiger partial charge in [-0.15, -0.1) is 0 Å². The fourth-order valence-electron chi connectivity index (χ4n) is 18.7. The summed E-state index contributed by atoms with van der Waals surface area (Å²) in [5.41, 5.74) is 3.59. The molecule has 77 heavy (non-hydrogen) atoms. The van der Waals surface area contributed by atoms with Crippen LogP contribution in [0, 0.1) is 79.3 Å². The van der Waals surface area contributed by atoms with Crippen LogP contribution in [0.2, 0.25) is 0 Å². The van der Waals surface area contributed by atoms with Gasteiger partial charge in [0.2, 0.25) is 5.91 Å². The topological polar surface area (TPSA) is 305 Å². The van der Waals surface area contributed by atoms with Gasteiger partial charge in [0.25, 0.3) is 0 Å². The predicted molar refractivity (Wildman–Crippen MR) is 288 cm³/mol. The lowest BCUT2D eigenvalue weighted by Crippen LogP contribution is -2.72. The highest BCUT2D eigenvalue weighted by Crippen LogP contribution is 2.77. The first-order valence-corrected chi connectivity index (χ1v) is 29.7. The first-order chi connectivity index (χ1) is 36.4. The van der Waals surface area contributed by atoms with Gasteiger partial charge >= 0.3 is 5.97 Å². The molecule has 7 fully saturated rings. The Morgan fingerprint density at radius 1 is 0.909 bits per heavy atom. The quantitative estimate of drug-likeness (QED) is 0.0381. The standard InChI is InChI=1S/C59H98N6O12/c1-33(2)13-21-61-22-23-62-27-34(49(60)72)24-35(40-28-63-32-64-40)44-37(58(51(73)65-44)14-8-9-15-58)25-38-45(69)48(77-50-47(71)46(70)41(68)29-76-50)54(4,31-67)42-12-16-56(6)43(57(38,42)7)11-10-36-39-26-53(3,30-66)17-19-59(39,52(74)75)20-18-55(36,56)5/h10,28,32-35,37-39,41-50,61-62,66-72H,8-9,11-27,29-31,60H2,1-7H3,(H,63,64)(H,65,73)(H,74,75)/t34-,35-,37+,38-,39-,41+,42+,43-,44-,45+,46-,47+,48+,49-,50-,53-,54-,55+,56+,57-,59-/m0/s1. The highest BCUT2D eigenvalue weighted by atomic mass is 16.7. The SMILES string of the molecule is CC(C)CCNCCNC[C@H](C[C@@H](c1cnc[nH]1)[C@@H]1NC(=O)C2(CCCC2)[C@@H]1C[C@H]1[C@@H](O)[C@@H](O[C@@H]2OC[C@@H](O)[C@H](O)[C@H]2O)[C@@](C)(CO)[C@H]2CC[C@]3(C)[C@H](CC=C4[C@@H]5C[C@@](C)(CO)CC[C@]5(C(=O)O)CC[C@]43C)[C@]21C)[C@@H](N)O. The first kappa shape index (κ1) is 59.0. The van der Waals surface area contributed by atoms with Gasteiger partial charge < -0.3 is 77.0 Å². The summed E-state index contributed by atoms with van der Waals surface area (Å²) in [5.74, 6) is -2.52. The maximum Gasteiger partial charge on any atom is 0.310 e. The number of fused-ring (bicyclic) bond motifs is 7. The Hall–Kier alpha value is -2.59. The van der Waals surface area contributed by atoms with Gasteiger partial charge in [-0.3, -0.25) is 9.59 Å². The van der Waals surface area contributed by atoms with Crippen molar-refractivity contribution in [1.29, 1.82) is 0 Å². The molecule has 3 heterocycles. The van der Waals surface area contributed by atoms with E-state index in [0.717, 1.165) is 44.5 Å². The van der Waals surface area contributed by atoms with Crippen LogP contribution in [-0.4, -0.2) is 158 Å². The molecule has 436 valence electrons. The van der Waals surface area contributed by atoms with E-state index in [0.29, 0.717) is 89.6 Å². The molecule has 0 bridgehead atoms. The minimum absolute atomic E-state index is 0.0170. The minimum atomic E-state index is -1.65. The number of aromatic amines is 1. The minimum Gasteiger partial charge on any atom is -0.481 e. The van der Waals surface area contributed by atoms with Crippen molar-refractivity contribution in [2.45, 2.75) is 200 Å². The van der Waals surface area contributed by atoms with Crippen LogP contribution in [0.1, 0.15) is 156 Å². The van der Waals surface area contributed by atoms with Gasteiger partial charge in [0, 0.05) is 61.4 Å². The van der Waals surface area contributed by atoms with Gasteiger partial charge in [-0.1, -0.05) is 73.0 Å². The molecule has 5 saturated carbocycles. The van der Waals surface area contributed by atoms with E-state index in [2.05, 4.69) is 73.5 Å². The lowest BCUT2D eigenvalue weighted by atomic mass is 9.31. The fourth-order valence-corrected chi connectivity index (χ4v) is 18.7. The number of carbonyl (C=O) groups excluding carboxylic acids is 1. The number of amides is 1. The smallest absolute Gasteiger partial charge is 0.310 e. The molecule has 6 aliphatic carbocycles. The van der Waals surface area contributed by atoms with Gasteiger partial charge in [0.05, 0.1) is 42.6 Å². The number of aliphatic carboxylic acids is 1. The van der Waals surface area contributed by atoms with Crippen molar-refractivity contribution in [2.24, 2.45) is 85.1 Å². The lowest BCUT2D eigenvalue weighted by Gasteiger charge is -2.73. The molecule has 1 amide bonds. The number of ether oxygens (including phenoxy) is 2. The number of aliphatic hydroxyl groups excluding tert-OH is 7. The second-order valence-electron chi connectivity index (χ2n) is 27.9. The van der Waals surface area contributed by atoms with Gasteiger partial charge in [0.15, 0.2) is 6.29 Å². The molecule has 14 N–H and O–H groups in total. The van der Waals surface area contributed by atoms with Crippen molar-refractivity contribution in [2.75, 3.05) is 46.0 Å². The summed E-state index contributed by atoms with van der Waals surface area (Å²) in [7, 11) is 0. The molecule has 2 aliphatic heterocycles. The molecule has 18 heteroatoms. The Bertz CT molecular complexity index is 2250. The number of nitrogens with zero attached hydrogens (tertiary/aromatic N) is 1. The van der Waals surface area contributed by atoms with Crippen molar-refractivity contribution in [1.82, 2.24) is 25.9 Å². The van der Waals surface area contributed by atoms with Crippen molar-refractivity contribution < 1.29 is 59.9 Å². The van der Waals surface area contributed by atoms with Crippen LogP contribution in [0.5, 0.6) is 0 Å². The van der Waals surface area contributed by atoms with Crippen LogP contribution < -0.4 is 21.7 Å². The number of rotatable bonds is 20. The van der Waals surface area contributed by atoms with E-state index in [-0.39, 0.29) is 55.3 Å². The molecular formula is C59H98N6O12. The average molecular weight is 1080 g/mol. The number of imidazole rings is 1. The number of carboxylic acid groups (broad SMARTS) is 1. The Labute approximate surface area is 456 Å². The Morgan fingerprint density at radius 2 is 1.62 bits per heavy atom. The lowest BCUT2D eigenvalue weighted by molar-refractivity contribution is -0.340. The Kier molecular flexibility index (Phi) is 17.1. The molecule has 1 aromatic rings. The third-order valence-corrected chi connectivity index (χ3v) is 23.6. The predicted octanol–water partition coefficient (Wildman–Crippen LogP) is 3.92. The van der Waals surface area contributed by atoms with E-state index >= 15 is 4.79 Å². The fraction of sp³-hybridized carbons (Fsp3) is 0.881. The normalized spacial score (nSPS) is 44.6. The summed E-state index contributed by atoms with van der Waals surface area (Å²) >= 11 is 0. The summed E-state index contributed by atoms with van der Waals surface area (Å²) in [4.78, 5) is 36.6. The molecule has 0 unspecified atom stereocenters. The Morgan fingerprint density at radius 3 is 2.27 bits per heavy atom. The van der Waals surface area contributed by atoms with E-state index < -0.39 is 105 Å². The number of carbonyl (C=O) groups is 2. The van der Waals surface area contributed by atoms with E-state index in [9.17, 15) is 45.6 Å². The molecular weight excluding hydrogens is 985 g/mol. The maximum atomic E-state index is 15.1. The number of H-pyrrole nitrogens is 1. The van der Waals surface area contributed by atoms with E-state index in [1.54, 1.807) is 12.5 Å². The first-order valence-electron chi connectivity index (χ1n) is 29.7. The average Bonchev–Trinajstić information content (AvgIpc) is 4.31. The molecule has 0 aromatic carbocycles. The van der Waals surface area contributed by atoms with Crippen LogP contribution in [0.4, 0.5) is 0 Å². The van der Waals surface area contributed by atoms with Crippen molar-refractivity contribution in [3.05, 3.63) is 29.9 Å². The van der Waals surface area contributed by atoms with Gasteiger partial charge in [0.1, 0.15) is 24.5 Å². The molecule has 8 aliphatic rings. The number of aliphatic hydroxyl groups is 7. The third kappa shape index (κ3) is 9.80. The Balaban J connectivity index is 1.14. The summed E-state index contributed by atoms with van der Waals surface area (Å²) in [6.07, 6.45) is 6.02. The number of nitrogens with one attached hydrogen (secondary N) is 4. The monoisotopic (exact) mass is 1080 g/mol. The number of hydrogen-bond donors (Lipinski definition) is 13. The summed E-state index contributed by atoms with van der Waals surface area (Å²) in [5, 5.41) is 102. The van der Waals surface area contributed by atoms with Crippen LogP contribution in [0.25, 0.3) is 0 Å². The summed E-state index contributed by atoms with van der Waals surface area (Å²) < 4.78 is 12.7. The highest BCUT2D eigenvalue weighted by molar-refractivity contribution is 5.86. The number of allylic oxidation sites excluding steroid dienone is 2. The second kappa shape index (κ2) is 22.3. The second-order valence-corrected chi connectivity index (χ2v) is 27.9. The molecule has 1 aromatic heterocycles. The number of hydrogen-bond acceptors (Lipinski definition) is 15. The third-order valence-electron chi connectivity index (χ3n) is 23.6. The molecule has 1 spiro atoms. The molecule has 21 atom stereocenters. The van der Waals surface area contributed by atoms with Crippen LogP contribution in [0.15, 0.2) is 24.2 Å². The van der Waals surface area contributed by atoms with Crippen molar-refractivity contribution in [3.63, 3.8) is 0 Å². The van der Waals surface area contributed by atoms with E-state index in [1.807, 2.05) is 6.92 Å². The van der Waals surface area contributed by atoms with Crippen LogP contribution >= 0.6 is 0 Å². The zero-order valence-corrected chi connectivity index (χ0v) is 47.3. The van der Waals surface area contributed by atoms with Crippen LogP contribution in [0.3, 0.4) is 0 Å². The highest BCUT2D eigenvalue weighted by Gasteiger charge is 2.74.